The van der Waals surface area contributed by atoms with E-state index in [9.17, 15) is 13.2 Å². The second-order valence-corrected chi connectivity index (χ2v) is 10.2. The normalized spacial score (nSPS) is 15.1. The molecule has 4 aromatic rings. The van der Waals surface area contributed by atoms with E-state index >= 15 is 0 Å². The second-order valence-electron chi connectivity index (χ2n) is 8.22. The van der Waals surface area contributed by atoms with Gasteiger partial charge in [-0.3, -0.25) is 14.1 Å². The molecule has 0 amide bonds. The van der Waals surface area contributed by atoms with Gasteiger partial charge in [0.05, 0.1) is 22.2 Å². The molecule has 0 bridgehead atoms. The van der Waals surface area contributed by atoms with Crippen molar-refractivity contribution in [1.82, 2.24) is 14.3 Å². The lowest BCUT2D eigenvalue weighted by Crippen LogP contribution is -2.27. The molecule has 0 saturated carbocycles. The summed E-state index contributed by atoms with van der Waals surface area (Å²) in [5, 5.41) is 0. The molecule has 1 aliphatic heterocycles. The minimum absolute atomic E-state index is 0.132. The Kier molecular flexibility index (Phi) is 4.95. The largest absolute Gasteiger partial charge is 0.286 e. The SMILES string of the molecule is CC(c1nc2ccccn2c(=O)c1-c1ccccc1S(C)(=O)=O)N1Cc2ccccc2C1. The predicted octanol–water partition coefficient (Wildman–Crippen LogP) is 3.84. The zero-order valence-electron chi connectivity index (χ0n) is 17.9. The van der Waals surface area contributed by atoms with E-state index in [1.807, 2.05) is 25.1 Å². The lowest BCUT2D eigenvalue weighted by atomic mass is 10.0. The molecule has 0 saturated heterocycles. The molecule has 0 fully saturated rings. The van der Waals surface area contributed by atoms with Gasteiger partial charge in [-0.15, -0.1) is 0 Å². The first kappa shape index (κ1) is 20.6. The molecule has 3 heterocycles. The number of pyridine rings is 1. The summed E-state index contributed by atoms with van der Waals surface area (Å²) in [6, 6.07) is 20.2. The number of hydrogen-bond donors (Lipinski definition) is 0. The molecular weight excluding hydrogens is 422 g/mol. The molecule has 1 aliphatic rings. The Labute approximate surface area is 186 Å². The molecule has 0 radical (unpaired) electrons. The molecule has 0 spiro atoms. The van der Waals surface area contributed by atoms with Gasteiger partial charge in [0.2, 0.25) is 0 Å². The number of benzene rings is 2. The van der Waals surface area contributed by atoms with Crippen molar-refractivity contribution >= 4 is 15.5 Å². The van der Waals surface area contributed by atoms with Crippen LogP contribution in [0.1, 0.15) is 29.8 Å². The molecule has 0 N–H and O–H groups in total. The Morgan fingerprint density at radius 3 is 2.22 bits per heavy atom. The molecule has 2 aromatic carbocycles. The number of aromatic nitrogens is 2. The van der Waals surface area contributed by atoms with Crippen molar-refractivity contribution in [2.75, 3.05) is 6.26 Å². The van der Waals surface area contributed by atoms with Crippen molar-refractivity contribution in [3.63, 3.8) is 0 Å². The van der Waals surface area contributed by atoms with Crippen molar-refractivity contribution in [2.24, 2.45) is 0 Å². The molecule has 162 valence electrons. The fourth-order valence-corrected chi connectivity index (χ4v) is 5.36. The van der Waals surface area contributed by atoms with Gasteiger partial charge in [-0.1, -0.05) is 48.5 Å². The maximum atomic E-state index is 13.7. The highest BCUT2D eigenvalue weighted by Crippen LogP contribution is 2.35. The van der Waals surface area contributed by atoms with Crippen LogP contribution in [0.4, 0.5) is 0 Å². The first-order valence-electron chi connectivity index (χ1n) is 10.5. The molecule has 1 unspecified atom stereocenters. The molecule has 1 atom stereocenters. The van der Waals surface area contributed by atoms with E-state index in [0.717, 1.165) is 19.3 Å². The lowest BCUT2D eigenvalue weighted by molar-refractivity contribution is 0.211. The van der Waals surface area contributed by atoms with Gasteiger partial charge in [0, 0.05) is 31.1 Å². The maximum absolute atomic E-state index is 13.7. The number of rotatable bonds is 4. The Balaban J connectivity index is 1.75. The number of nitrogens with zero attached hydrogens (tertiary/aromatic N) is 3. The van der Waals surface area contributed by atoms with Gasteiger partial charge in [0.15, 0.2) is 9.84 Å². The summed E-state index contributed by atoms with van der Waals surface area (Å²) < 4.78 is 26.6. The molecule has 0 aliphatic carbocycles. The van der Waals surface area contributed by atoms with Crippen molar-refractivity contribution in [2.45, 2.75) is 31.0 Å². The van der Waals surface area contributed by atoms with Crippen LogP contribution < -0.4 is 5.56 Å². The topological polar surface area (TPSA) is 71.8 Å². The summed E-state index contributed by atoms with van der Waals surface area (Å²) in [7, 11) is -3.55. The third kappa shape index (κ3) is 3.43. The average Bonchev–Trinajstić information content (AvgIpc) is 3.22. The molecule has 6 nitrogen and oxygen atoms in total. The quantitative estimate of drug-likeness (QED) is 0.477. The second kappa shape index (κ2) is 7.69. The zero-order valence-corrected chi connectivity index (χ0v) is 18.7. The van der Waals surface area contributed by atoms with Crippen LogP contribution in [0, 0.1) is 0 Å². The van der Waals surface area contributed by atoms with Crippen LogP contribution in [0.2, 0.25) is 0 Å². The molecule has 32 heavy (non-hydrogen) atoms. The van der Waals surface area contributed by atoms with Crippen LogP contribution >= 0.6 is 0 Å². The summed E-state index contributed by atoms with van der Waals surface area (Å²) in [5.41, 5.74) is 4.10. The van der Waals surface area contributed by atoms with Gasteiger partial charge in [0.25, 0.3) is 5.56 Å². The summed E-state index contributed by atoms with van der Waals surface area (Å²) in [5.74, 6) is 0. The third-order valence-electron chi connectivity index (χ3n) is 6.13. The van der Waals surface area contributed by atoms with Gasteiger partial charge in [-0.25, -0.2) is 13.4 Å². The lowest BCUT2D eigenvalue weighted by Gasteiger charge is -2.26. The number of fused-ring (bicyclic) bond motifs is 2. The van der Waals surface area contributed by atoms with Crippen LogP contribution in [0.15, 0.2) is 82.6 Å². The highest BCUT2D eigenvalue weighted by Gasteiger charge is 2.30. The molecule has 2 aromatic heterocycles. The van der Waals surface area contributed by atoms with Crippen molar-refractivity contribution in [3.05, 3.63) is 100 Å². The molecular formula is C25H23N3O3S. The van der Waals surface area contributed by atoms with E-state index in [1.165, 1.54) is 15.5 Å². The first-order chi connectivity index (χ1) is 15.3. The van der Waals surface area contributed by atoms with Crippen molar-refractivity contribution in [3.8, 4) is 11.1 Å². The summed E-state index contributed by atoms with van der Waals surface area (Å²) in [4.78, 5) is 20.9. The minimum Gasteiger partial charge on any atom is -0.286 e. The number of sulfone groups is 1. The Morgan fingerprint density at radius 2 is 1.53 bits per heavy atom. The molecule has 5 rings (SSSR count). The van der Waals surface area contributed by atoms with Gasteiger partial charge >= 0.3 is 0 Å². The van der Waals surface area contributed by atoms with Crippen molar-refractivity contribution in [1.29, 1.82) is 0 Å². The third-order valence-corrected chi connectivity index (χ3v) is 7.28. The van der Waals surface area contributed by atoms with E-state index in [4.69, 9.17) is 4.98 Å². The zero-order chi connectivity index (χ0) is 22.5. The smallest absolute Gasteiger partial charge is 0.266 e. The van der Waals surface area contributed by atoms with Crippen LogP contribution in [0.25, 0.3) is 16.8 Å². The maximum Gasteiger partial charge on any atom is 0.266 e. The van der Waals surface area contributed by atoms with E-state index in [2.05, 4.69) is 17.0 Å². The Hall–Kier alpha value is -3.29. The minimum atomic E-state index is -3.55. The van der Waals surface area contributed by atoms with E-state index in [-0.39, 0.29) is 16.5 Å². The summed E-state index contributed by atoms with van der Waals surface area (Å²) >= 11 is 0. The fourth-order valence-electron chi connectivity index (χ4n) is 4.46. The highest BCUT2D eigenvalue weighted by atomic mass is 32.2. The predicted molar refractivity (Wildman–Crippen MR) is 124 cm³/mol. The fraction of sp³-hybridized carbons (Fsp3) is 0.200. The highest BCUT2D eigenvalue weighted by molar-refractivity contribution is 7.90. The van der Waals surface area contributed by atoms with E-state index < -0.39 is 9.84 Å². The Morgan fingerprint density at radius 1 is 0.906 bits per heavy atom. The first-order valence-corrected chi connectivity index (χ1v) is 12.4. The van der Waals surface area contributed by atoms with E-state index in [0.29, 0.717) is 22.5 Å². The van der Waals surface area contributed by atoms with Gasteiger partial charge in [-0.2, -0.15) is 0 Å². The van der Waals surface area contributed by atoms with Crippen molar-refractivity contribution < 1.29 is 8.42 Å². The Bertz CT molecular complexity index is 1480. The standard InChI is InChI=1S/C25H23N3O3S/c1-17(27-15-18-9-3-4-10-19(18)16-27)24-23(20-11-5-6-12-21(20)32(2,30)31)25(29)28-14-8-7-13-22(28)26-24/h3-14,17H,15-16H2,1-2H3. The monoisotopic (exact) mass is 445 g/mol. The van der Waals surface area contributed by atoms with Crippen LogP contribution in [-0.2, 0) is 22.9 Å². The summed E-state index contributed by atoms with van der Waals surface area (Å²) in [6.07, 6.45) is 2.83. The van der Waals surface area contributed by atoms with Crippen LogP contribution in [-0.4, -0.2) is 29.0 Å². The van der Waals surface area contributed by atoms with Crippen LogP contribution in [0.3, 0.4) is 0 Å². The number of hydrogen-bond acceptors (Lipinski definition) is 5. The van der Waals surface area contributed by atoms with Gasteiger partial charge in [0.1, 0.15) is 5.65 Å². The van der Waals surface area contributed by atoms with Gasteiger partial charge < -0.3 is 0 Å². The average molecular weight is 446 g/mol. The van der Waals surface area contributed by atoms with Crippen LogP contribution in [0.5, 0.6) is 0 Å². The van der Waals surface area contributed by atoms with E-state index in [1.54, 1.807) is 42.6 Å². The summed E-state index contributed by atoms with van der Waals surface area (Å²) in [6.45, 7) is 3.53. The van der Waals surface area contributed by atoms with Gasteiger partial charge in [-0.05, 0) is 36.2 Å². The molecule has 7 heteroatoms.